The van der Waals surface area contributed by atoms with Gasteiger partial charge in [-0.05, 0) is 49.2 Å². The standard InChI is InChI=1S/C20H26N2O5S/c1-14-7-6-8-18(15(14)2)27-12-11-20(23)21-17-13-16(9-10-19(17)26-5)28(24,25)22(3)4/h6-10,13H,11-12H2,1-5H3,(H,21,23). The van der Waals surface area contributed by atoms with E-state index in [4.69, 9.17) is 9.47 Å². The molecule has 28 heavy (non-hydrogen) atoms. The second-order valence-electron chi connectivity index (χ2n) is 6.49. The highest BCUT2D eigenvalue weighted by molar-refractivity contribution is 7.89. The van der Waals surface area contributed by atoms with E-state index in [2.05, 4.69) is 5.32 Å². The molecule has 0 aromatic heterocycles. The molecular weight excluding hydrogens is 380 g/mol. The van der Waals surface area contributed by atoms with Crippen molar-refractivity contribution in [1.29, 1.82) is 0 Å². The van der Waals surface area contributed by atoms with Crippen molar-refractivity contribution < 1.29 is 22.7 Å². The maximum Gasteiger partial charge on any atom is 0.242 e. The van der Waals surface area contributed by atoms with Crippen LogP contribution >= 0.6 is 0 Å². The summed E-state index contributed by atoms with van der Waals surface area (Å²) in [5.74, 6) is 0.814. The fourth-order valence-electron chi connectivity index (χ4n) is 2.50. The maximum absolute atomic E-state index is 12.3. The number of carbonyl (C=O) groups is 1. The predicted octanol–water partition coefficient (Wildman–Crippen LogP) is 2.97. The highest BCUT2D eigenvalue weighted by Gasteiger charge is 2.19. The quantitative estimate of drug-likeness (QED) is 0.729. The predicted molar refractivity (Wildman–Crippen MR) is 109 cm³/mol. The lowest BCUT2D eigenvalue weighted by Crippen LogP contribution is -2.22. The van der Waals surface area contributed by atoms with Gasteiger partial charge in [0.2, 0.25) is 15.9 Å². The normalized spacial score (nSPS) is 11.4. The van der Waals surface area contributed by atoms with Gasteiger partial charge in [0.05, 0.1) is 30.7 Å². The maximum atomic E-state index is 12.3. The molecular formula is C20H26N2O5S. The van der Waals surface area contributed by atoms with E-state index >= 15 is 0 Å². The number of benzene rings is 2. The molecule has 0 aliphatic carbocycles. The van der Waals surface area contributed by atoms with Crippen molar-refractivity contribution >= 4 is 21.6 Å². The Morgan fingerprint density at radius 1 is 1.11 bits per heavy atom. The number of nitrogens with zero attached hydrogens (tertiary/aromatic N) is 1. The van der Waals surface area contributed by atoms with Gasteiger partial charge in [-0.25, -0.2) is 12.7 Å². The minimum Gasteiger partial charge on any atom is -0.495 e. The van der Waals surface area contributed by atoms with Gasteiger partial charge in [0.1, 0.15) is 11.5 Å². The first kappa shape index (κ1) is 21.7. The first-order chi connectivity index (χ1) is 13.2. The summed E-state index contributed by atoms with van der Waals surface area (Å²) < 4.78 is 36.7. The number of sulfonamides is 1. The van der Waals surface area contributed by atoms with Crippen LogP contribution in [-0.2, 0) is 14.8 Å². The monoisotopic (exact) mass is 406 g/mol. The number of nitrogens with one attached hydrogen (secondary N) is 1. The molecule has 2 aromatic rings. The van der Waals surface area contributed by atoms with E-state index in [0.717, 1.165) is 21.2 Å². The van der Waals surface area contributed by atoms with E-state index in [-0.39, 0.29) is 23.8 Å². The number of anilines is 1. The third-order valence-electron chi connectivity index (χ3n) is 4.37. The van der Waals surface area contributed by atoms with Crippen LogP contribution < -0.4 is 14.8 Å². The number of rotatable bonds is 8. The molecule has 0 aliphatic rings. The topological polar surface area (TPSA) is 84.9 Å². The molecule has 0 atom stereocenters. The fraction of sp³-hybridized carbons (Fsp3) is 0.350. The van der Waals surface area contributed by atoms with Crippen LogP contribution in [0.2, 0.25) is 0 Å². The molecule has 2 rings (SSSR count). The Morgan fingerprint density at radius 2 is 1.82 bits per heavy atom. The molecule has 0 heterocycles. The molecule has 2 aromatic carbocycles. The number of methoxy groups -OCH3 is 1. The molecule has 152 valence electrons. The Hall–Kier alpha value is -2.58. The average Bonchev–Trinajstić information content (AvgIpc) is 2.65. The van der Waals surface area contributed by atoms with Crippen molar-refractivity contribution in [3.63, 3.8) is 0 Å². The number of amides is 1. The van der Waals surface area contributed by atoms with Crippen molar-refractivity contribution in [3.05, 3.63) is 47.5 Å². The van der Waals surface area contributed by atoms with Crippen molar-refractivity contribution in [2.45, 2.75) is 25.2 Å². The minimum atomic E-state index is -3.62. The van der Waals surface area contributed by atoms with Crippen LogP contribution in [-0.4, -0.2) is 46.4 Å². The zero-order valence-electron chi connectivity index (χ0n) is 16.8. The molecule has 1 N–H and O–H groups in total. The first-order valence-corrected chi connectivity index (χ1v) is 10.2. The Bertz CT molecular complexity index is 955. The van der Waals surface area contributed by atoms with Gasteiger partial charge in [0, 0.05) is 14.1 Å². The lowest BCUT2D eigenvalue weighted by molar-refractivity contribution is -0.116. The molecule has 1 amide bonds. The lowest BCUT2D eigenvalue weighted by atomic mass is 10.1. The number of hydrogen-bond donors (Lipinski definition) is 1. The van der Waals surface area contributed by atoms with Gasteiger partial charge in [-0.2, -0.15) is 0 Å². The van der Waals surface area contributed by atoms with Gasteiger partial charge in [0.25, 0.3) is 0 Å². The van der Waals surface area contributed by atoms with Gasteiger partial charge in [-0.15, -0.1) is 0 Å². The molecule has 0 unspecified atom stereocenters. The zero-order valence-corrected chi connectivity index (χ0v) is 17.6. The van der Waals surface area contributed by atoms with Crippen LogP contribution in [0.25, 0.3) is 0 Å². The largest absolute Gasteiger partial charge is 0.495 e. The molecule has 0 saturated heterocycles. The highest BCUT2D eigenvalue weighted by Crippen LogP contribution is 2.28. The van der Waals surface area contributed by atoms with E-state index in [1.54, 1.807) is 0 Å². The summed E-state index contributed by atoms with van der Waals surface area (Å²) in [7, 11) is 0.727. The van der Waals surface area contributed by atoms with Gasteiger partial charge in [-0.3, -0.25) is 4.79 Å². The first-order valence-electron chi connectivity index (χ1n) is 8.76. The van der Waals surface area contributed by atoms with Crippen LogP contribution in [0.4, 0.5) is 5.69 Å². The Labute approximate surface area is 166 Å². The zero-order chi connectivity index (χ0) is 20.9. The number of ether oxygens (including phenoxy) is 2. The van der Waals surface area contributed by atoms with Crippen molar-refractivity contribution in [1.82, 2.24) is 4.31 Å². The molecule has 0 spiro atoms. The van der Waals surface area contributed by atoms with Gasteiger partial charge in [-0.1, -0.05) is 12.1 Å². The molecule has 0 saturated carbocycles. The number of aryl methyl sites for hydroxylation is 1. The van der Waals surface area contributed by atoms with E-state index in [1.165, 1.54) is 39.4 Å². The molecule has 0 aliphatic heterocycles. The minimum absolute atomic E-state index is 0.0697. The van der Waals surface area contributed by atoms with Crippen LogP contribution in [0.1, 0.15) is 17.5 Å². The summed E-state index contributed by atoms with van der Waals surface area (Å²) in [6, 6.07) is 10.1. The average molecular weight is 407 g/mol. The Balaban J connectivity index is 2.07. The Morgan fingerprint density at radius 3 is 2.46 bits per heavy atom. The summed E-state index contributed by atoms with van der Waals surface area (Å²) in [5.41, 5.74) is 2.44. The van der Waals surface area contributed by atoms with Crippen LogP contribution in [0, 0.1) is 13.8 Å². The lowest BCUT2D eigenvalue weighted by Gasteiger charge is -2.15. The third-order valence-corrected chi connectivity index (χ3v) is 6.18. The third kappa shape index (κ3) is 5.02. The summed E-state index contributed by atoms with van der Waals surface area (Å²) >= 11 is 0. The molecule has 7 nitrogen and oxygen atoms in total. The van der Waals surface area contributed by atoms with E-state index in [9.17, 15) is 13.2 Å². The van der Waals surface area contributed by atoms with Crippen molar-refractivity contribution in [2.75, 3.05) is 33.1 Å². The van der Waals surface area contributed by atoms with E-state index in [0.29, 0.717) is 11.4 Å². The van der Waals surface area contributed by atoms with E-state index < -0.39 is 10.0 Å². The summed E-state index contributed by atoms with van der Waals surface area (Å²) in [6.45, 7) is 4.16. The summed E-state index contributed by atoms with van der Waals surface area (Å²) in [4.78, 5) is 12.4. The molecule has 0 bridgehead atoms. The van der Waals surface area contributed by atoms with Crippen molar-refractivity contribution in [2.24, 2.45) is 0 Å². The van der Waals surface area contributed by atoms with Crippen LogP contribution in [0.15, 0.2) is 41.3 Å². The molecule has 0 radical (unpaired) electrons. The van der Waals surface area contributed by atoms with Crippen LogP contribution in [0.5, 0.6) is 11.5 Å². The highest BCUT2D eigenvalue weighted by atomic mass is 32.2. The summed E-state index contributed by atoms with van der Waals surface area (Å²) in [6.07, 6.45) is 0.112. The molecule has 8 heteroatoms. The summed E-state index contributed by atoms with van der Waals surface area (Å²) in [5, 5.41) is 2.70. The van der Waals surface area contributed by atoms with Gasteiger partial charge in [0.15, 0.2) is 0 Å². The smallest absolute Gasteiger partial charge is 0.242 e. The number of carbonyl (C=O) groups excluding carboxylic acids is 1. The van der Waals surface area contributed by atoms with Crippen molar-refractivity contribution in [3.8, 4) is 11.5 Å². The van der Waals surface area contributed by atoms with Gasteiger partial charge < -0.3 is 14.8 Å². The van der Waals surface area contributed by atoms with E-state index in [1.807, 2.05) is 32.0 Å². The fourth-order valence-corrected chi connectivity index (χ4v) is 3.43. The second-order valence-corrected chi connectivity index (χ2v) is 8.65. The van der Waals surface area contributed by atoms with Crippen LogP contribution in [0.3, 0.4) is 0 Å². The number of hydrogen-bond acceptors (Lipinski definition) is 5. The molecule has 0 fully saturated rings. The second kappa shape index (κ2) is 9.07. The SMILES string of the molecule is COc1ccc(S(=O)(=O)N(C)C)cc1NC(=O)CCOc1cccc(C)c1C. The van der Waals surface area contributed by atoms with Gasteiger partial charge >= 0.3 is 0 Å². The Kier molecular flexibility index (Phi) is 7.04.